The minimum atomic E-state index is 0.696. The van der Waals surface area contributed by atoms with E-state index >= 15 is 0 Å². The summed E-state index contributed by atoms with van der Waals surface area (Å²) in [5, 5.41) is 0. The first-order valence-electron chi connectivity index (χ1n) is 10.4. The first-order chi connectivity index (χ1) is 16.1. The molecule has 1 heterocycles. The highest BCUT2D eigenvalue weighted by atomic mass is 79.9. The van der Waals surface area contributed by atoms with E-state index < -0.39 is 0 Å². The number of hydrogen-bond acceptors (Lipinski definition) is 6. The number of anilines is 1. The Balaban J connectivity index is 1.72. The standard InChI is InChI=1S/C26H25BrN2O4/c1-30-20-8-4-18(5-9-20)14-29(15-19-6-10-21(31-2)11-7-19)25-13-26(32-3)22(12-23(25)27)24-16-33-17-28-24/h4-13,16-17H,14-15H2,1-3H3. The Morgan fingerprint density at radius 3 is 1.85 bits per heavy atom. The molecule has 0 bridgehead atoms. The Bertz CT molecular complexity index is 1130. The number of methoxy groups -OCH3 is 3. The molecule has 0 saturated carbocycles. The van der Waals surface area contributed by atoms with Gasteiger partial charge in [-0.15, -0.1) is 0 Å². The number of ether oxygens (including phenoxy) is 3. The molecule has 7 heteroatoms. The maximum atomic E-state index is 5.71. The number of oxazole rings is 1. The van der Waals surface area contributed by atoms with Gasteiger partial charge in [0.1, 0.15) is 29.2 Å². The normalized spacial score (nSPS) is 10.7. The number of aromatic nitrogens is 1. The highest BCUT2D eigenvalue weighted by molar-refractivity contribution is 9.10. The summed E-state index contributed by atoms with van der Waals surface area (Å²) < 4.78 is 22.4. The smallest absolute Gasteiger partial charge is 0.181 e. The minimum absolute atomic E-state index is 0.696. The Morgan fingerprint density at radius 1 is 0.818 bits per heavy atom. The lowest BCUT2D eigenvalue weighted by Gasteiger charge is -2.27. The number of benzene rings is 3. The Hall–Kier alpha value is -3.45. The molecule has 0 aliphatic rings. The van der Waals surface area contributed by atoms with Gasteiger partial charge in [0.25, 0.3) is 0 Å². The number of hydrogen-bond donors (Lipinski definition) is 0. The van der Waals surface area contributed by atoms with Gasteiger partial charge in [-0.3, -0.25) is 0 Å². The molecule has 4 rings (SSSR count). The van der Waals surface area contributed by atoms with Crippen molar-refractivity contribution in [3.05, 3.63) is 88.9 Å². The van der Waals surface area contributed by atoms with E-state index in [-0.39, 0.29) is 0 Å². The number of halogens is 1. The third-order valence-corrected chi connectivity index (χ3v) is 6.02. The quantitative estimate of drug-likeness (QED) is 0.263. The molecule has 4 aromatic rings. The van der Waals surface area contributed by atoms with Gasteiger partial charge in [0.05, 0.1) is 27.0 Å². The predicted molar refractivity (Wildman–Crippen MR) is 132 cm³/mol. The molecule has 170 valence electrons. The van der Waals surface area contributed by atoms with Gasteiger partial charge in [0, 0.05) is 29.2 Å². The van der Waals surface area contributed by atoms with Crippen molar-refractivity contribution in [1.82, 2.24) is 4.98 Å². The third-order valence-electron chi connectivity index (χ3n) is 5.38. The maximum absolute atomic E-state index is 5.71. The SMILES string of the molecule is COc1ccc(CN(Cc2ccc(OC)cc2)c2cc(OC)c(-c3cocn3)cc2Br)cc1. The zero-order valence-electron chi connectivity index (χ0n) is 18.7. The highest BCUT2D eigenvalue weighted by Gasteiger charge is 2.18. The fourth-order valence-electron chi connectivity index (χ4n) is 3.63. The van der Waals surface area contributed by atoms with E-state index in [2.05, 4.69) is 50.1 Å². The molecule has 0 aliphatic carbocycles. The molecule has 0 aliphatic heterocycles. The summed E-state index contributed by atoms with van der Waals surface area (Å²) >= 11 is 3.77. The van der Waals surface area contributed by atoms with Crippen LogP contribution < -0.4 is 19.1 Å². The Kier molecular flexibility index (Phi) is 7.19. The van der Waals surface area contributed by atoms with Gasteiger partial charge >= 0.3 is 0 Å². The minimum Gasteiger partial charge on any atom is -0.497 e. The van der Waals surface area contributed by atoms with Crippen molar-refractivity contribution >= 4 is 21.6 Å². The lowest BCUT2D eigenvalue weighted by atomic mass is 10.1. The molecule has 0 N–H and O–H groups in total. The Morgan fingerprint density at radius 2 is 1.39 bits per heavy atom. The third kappa shape index (κ3) is 5.31. The van der Waals surface area contributed by atoms with Crippen molar-refractivity contribution in [2.24, 2.45) is 0 Å². The van der Waals surface area contributed by atoms with E-state index in [1.54, 1.807) is 27.6 Å². The van der Waals surface area contributed by atoms with Crippen LogP contribution in [-0.4, -0.2) is 26.3 Å². The molecular formula is C26H25BrN2O4. The van der Waals surface area contributed by atoms with E-state index in [1.165, 1.54) is 6.39 Å². The van der Waals surface area contributed by atoms with E-state index in [1.807, 2.05) is 36.4 Å². The molecule has 3 aromatic carbocycles. The van der Waals surface area contributed by atoms with Gasteiger partial charge in [0.15, 0.2) is 6.39 Å². The van der Waals surface area contributed by atoms with Crippen LogP contribution in [0.25, 0.3) is 11.3 Å². The summed E-state index contributed by atoms with van der Waals surface area (Å²) in [6.45, 7) is 1.39. The first-order valence-corrected chi connectivity index (χ1v) is 11.2. The van der Waals surface area contributed by atoms with Crippen LogP contribution in [0.4, 0.5) is 5.69 Å². The van der Waals surface area contributed by atoms with Crippen molar-refractivity contribution in [2.45, 2.75) is 13.1 Å². The van der Waals surface area contributed by atoms with Crippen LogP contribution in [0, 0.1) is 0 Å². The molecule has 33 heavy (non-hydrogen) atoms. The molecule has 0 amide bonds. The van der Waals surface area contributed by atoms with Gasteiger partial charge in [-0.1, -0.05) is 24.3 Å². The monoisotopic (exact) mass is 508 g/mol. The average molecular weight is 509 g/mol. The zero-order chi connectivity index (χ0) is 23.2. The van der Waals surface area contributed by atoms with Crippen molar-refractivity contribution in [2.75, 3.05) is 26.2 Å². The van der Waals surface area contributed by atoms with Gasteiger partial charge in [-0.25, -0.2) is 4.98 Å². The molecule has 0 atom stereocenters. The fourth-order valence-corrected chi connectivity index (χ4v) is 4.22. The van der Waals surface area contributed by atoms with Crippen molar-refractivity contribution in [1.29, 1.82) is 0 Å². The summed E-state index contributed by atoms with van der Waals surface area (Å²) in [4.78, 5) is 6.57. The molecule has 0 saturated heterocycles. The predicted octanol–water partition coefficient (Wildman–Crippen LogP) is 6.34. The van der Waals surface area contributed by atoms with Crippen LogP contribution in [0.3, 0.4) is 0 Å². The summed E-state index contributed by atoms with van der Waals surface area (Å²) in [5.74, 6) is 2.39. The van der Waals surface area contributed by atoms with E-state index in [9.17, 15) is 0 Å². The fraction of sp³-hybridized carbons (Fsp3) is 0.192. The molecule has 6 nitrogen and oxygen atoms in total. The first kappa shape index (κ1) is 22.7. The second-order valence-corrected chi connectivity index (χ2v) is 8.28. The van der Waals surface area contributed by atoms with Crippen LogP contribution in [-0.2, 0) is 13.1 Å². The van der Waals surface area contributed by atoms with Crippen LogP contribution >= 0.6 is 15.9 Å². The number of rotatable bonds is 9. The summed E-state index contributed by atoms with van der Waals surface area (Å²) in [6.07, 6.45) is 3.02. The maximum Gasteiger partial charge on any atom is 0.181 e. The van der Waals surface area contributed by atoms with Gasteiger partial charge in [-0.05, 0) is 57.4 Å². The van der Waals surface area contributed by atoms with Crippen molar-refractivity contribution in [3.63, 3.8) is 0 Å². The van der Waals surface area contributed by atoms with Crippen LogP contribution in [0.15, 0.2) is 82.2 Å². The van der Waals surface area contributed by atoms with Crippen LogP contribution in [0.5, 0.6) is 17.2 Å². The van der Waals surface area contributed by atoms with Gasteiger partial charge in [0.2, 0.25) is 0 Å². The van der Waals surface area contributed by atoms with E-state index in [4.69, 9.17) is 18.6 Å². The average Bonchev–Trinajstić information content (AvgIpc) is 3.39. The molecule has 0 fully saturated rings. The highest BCUT2D eigenvalue weighted by Crippen LogP contribution is 2.39. The zero-order valence-corrected chi connectivity index (χ0v) is 20.3. The molecular weight excluding hydrogens is 484 g/mol. The lowest BCUT2D eigenvalue weighted by Crippen LogP contribution is -2.22. The van der Waals surface area contributed by atoms with Crippen LogP contribution in [0.1, 0.15) is 11.1 Å². The van der Waals surface area contributed by atoms with E-state index in [0.717, 1.165) is 49.8 Å². The molecule has 0 radical (unpaired) electrons. The molecule has 1 aromatic heterocycles. The summed E-state index contributed by atoms with van der Waals surface area (Å²) in [6, 6.07) is 20.3. The second kappa shape index (κ2) is 10.4. The van der Waals surface area contributed by atoms with Crippen molar-refractivity contribution < 1.29 is 18.6 Å². The van der Waals surface area contributed by atoms with Crippen LogP contribution in [0.2, 0.25) is 0 Å². The van der Waals surface area contributed by atoms with E-state index in [0.29, 0.717) is 13.1 Å². The summed E-state index contributed by atoms with van der Waals surface area (Å²) in [7, 11) is 5.00. The summed E-state index contributed by atoms with van der Waals surface area (Å²) in [5.41, 5.74) is 4.91. The topological polar surface area (TPSA) is 57.0 Å². The molecule has 0 spiro atoms. The second-order valence-electron chi connectivity index (χ2n) is 7.43. The largest absolute Gasteiger partial charge is 0.497 e. The molecule has 0 unspecified atom stereocenters. The van der Waals surface area contributed by atoms with Gasteiger partial charge in [-0.2, -0.15) is 0 Å². The van der Waals surface area contributed by atoms with Crippen molar-refractivity contribution in [3.8, 4) is 28.5 Å². The Labute approximate surface area is 201 Å². The number of nitrogens with zero attached hydrogens (tertiary/aromatic N) is 2. The lowest BCUT2D eigenvalue weighted by molar-refractivity contribution is 0.414. The van der Waals surface area contributed by atoms with Gasteiger partial charge < -0.3 is 23.5 Å².